The van der Waals surface area contributed by atoms with Gasteiger partial charge in [0.25, 0.3) is 0 Å². The number of thioether (sulfide) groups is 1. The van der Waals surface area contributed by atoms with Crippen LogP contribution in [0.1, 0.15) is 53.5 Å². The topological polar surface area (TPSA) is 87.0 Å². The van der Waals surface area contributed by atoms with Gasteiger partial charge in [-0.15, -0.1) is 24.2 Å². The minimum atomic E-state index is -0.488. The molecule has 0 radical (unpaired) electrons. The molecule has 1 aromatic heterocycles. The first-order chi connectivity index (χ1) is 12.3. The predicted octanol–water partition coefficient (Wildman–Crippen LogP) is 5.06. The molecule has 1 aromatic rings. The number of nitrogens with zero attached hydrogens (tertiary/aromatic N) is 2. The van der Waals surface area contributed by atoms with Gasteiger partial charge in [0.1, 0.15) is 10.8 Å². The average Bonchev–Trinajstić information content (AvgIpc) is 2.55. The highest BCUT2D eigenvalue weighted by atomic mass is 35.5. The maximum Gasteiger partial charge on any atom is 0.223 e. The fourth-order valence-corrected chi connectivity index (χ4v) is 3.91. The Hall–Kier alpha value is -1.24. The summed E-state index contributed by atoms with van der Waals surface area (Å²) in [5.74, 6) is 0.637. The molecule has 1 aliphatic rings. The molecule has 0 amide bonds. The van der Waals surface area contributed by atoms with Gasteiger partial charge in [-0.3, -0.25) is 0 Å². The minimum Gasteiger partial charge on any atom is -0.383 e. The summed E-state index contributed by atoms with van der Waals surface area (Å²) in [7, 11) is 1.77. The first kappa shape index (κ1) is 24.8. The zero-order valence-electron chi connectivity index (χ0n) is 18.3. The third kappa shape index (κ3) is 5.43. The largest absolute Gasteiger partial charge is 0.383 e. The molecule has 0 saturated heterocycles. The van der Waals surface area contributed by atoms with Crippen molar-refractivity contribution in [2.75, 3.05) is 24.8 Å². The number of methoxy groups -OCH3 is 1. The molecule has 0 spiro atoms. The smallest absolute Gasteiger partial charge is 0.223 e. The van der Waals surface area contributed by atoms with Crippen molar-refractivity contribution in [2.45, 2.75) is 65.0 Å². The SMILES string of the molecule is COC1(Cc2c(N)nc(N)nc2SC)C=C(C(C)(C)C)C=C(C(C)(C)C)C1.Cl. The Morgan fingerprint density at radius 1 is 1.11 bits per heavy atom. The van der Waals surface area contributed by atoms with E-state index in [1.165, 1.54) is 22.9 Å². The zero-order chi connectivity index (χ0) is 20.6. The Labute approximate surface area is 180 Å². The Balaban J connectivity index is 0.00000392. The Bertz CT molecular complexity index is 778. The highest BCUT2D eigenvalue weighted by Crippen LogP contribution is 2.45. The normalized spacial score (nSPS) is 20.3. The van der Waals surface area contributed by atoms with Crippen molar-refractivity contribution in [1.29, 1.82) is 0 Å². The van der Waals surface area contributed by atoms with Crippen molar-refractivity contribution < 1.29 is 4.74 Å². The van der Waals surface area contributed by atoms with Gasteiger partial charge in [-0.1, -0.05) is 53.2 Å². The lowest BCUT2D eigenvalue weighted by atomic mass is 9.69. The minimum absolute atomic E-state index is 0. The lowest BCUT2D eigenvalue weighted by Crippen LogP contribution is -2.38. The molecule has 2 rings (SSSR count). The lowest BCUT2D eigenvalue weighted by Gasteiger charge is -2.41. The second kappa shape index (κ2) is 8.64. The van der Waals surface area contributed by atoms with Gasteiger partial charge in [-0.25, -0.2) is 4.98 Å². The van der Waals surface area contributed by atoms with Crippen molar-refractivity contribution in [1.82, 2.24) is 9.97 Å². The monoisotopic (exact) mass is 426 g/mol. The van der Waals surface area contributed by atoms with Crippen LogP contribution in [0, 0.1) is 10.8 Å². The van der Waals surface area contributed by atoms with Gasteiger partial charge in [-0.05, 0) is 28.7 Å². The number of allylic oxidation sites excluding steroid dienone is 2. The fourth-order valence-electron chi connectivity index (χ4n) is 3.30. The van der Waals surface area contributed by atoms with Gasteiger partial charge in [-0.2, -0.15) is 4.98 Å². The van der Waals surface area contributed by atoms with Crippen molar-refractivity contribution in [3.05, 3.63) is 28.9 Å². The molecule has 4 N–H and O–H groups in total. The van der Waals surface area contributed by atoms with Crippen molar-refractivity contribution in [3.8, 4) is 0 Å². The summed E-state index contributed by atoms with van der Waals surface area (Å²) in [6.45, 7) is 13.4. The number of hydrogen-bond donors (Lipinski definition) is 2. The van der Waals surface area contributed by atoms with Crippen LogP contribution in [0.5, 0.6) is 0 Å². The zero-order valence-corrected chi connectivity index (χ0v) is 20.0. The second-order valence-corrected chi connectivity index (χ2v) is 10.1. The molecule has 1 unspecified atom stereocenters. The molecule has 1 atom stereocenters. The standard InChI is InChI=1S/C21H34N4OS.ClH/c1-19(2,3)13-9-14(20(4,5)6)11-21(10-13,26-7)12-15-16(22)24-18(23)25-17(15)27-8;/h9-10H,11-12H2,1-8H3,(H4,22,23,24,25);1H. The van der Waals surface area contributed by atoms with Crippen LogP contribution in [0.15, 0.2) is 28.3 Å². The molecule has 28 heavy (non-hydrogen) atoms. The van der Waals surface area contributed by atoms with E-state index in [1.54, 1.807) is 7.11 Å². The molecule has 7 heteroatoms. The average molecular weight is 427 g/mol. The van der Waals surface area contributed by atoms with E-state index in [0.717, 1.165) is 17.0 Å². The van der Waals surface area contributed by atoms with Crippen LogP contribution in [-0.4, -0.2) is 28.9 Å². The third-order valence-corrected chi connectivity index (χ3v) is 5.89. The Morgan fingerprint density at radius 3 is 2.18 bits per heavy atom. The first-order valence-electron chi connectivity index (χ1n) is 9.27. The van der Waals surface area contributed by atoms with Crippen molar-refractivity contribution >= 4 is 35.9 Å². The van der Waals surface area contributed by atoms with Crippen LogP contribution < -0.4 is 11.5 Å². The van der Waals surface area contributed by atoms with E-state index in [0.29, 0.717) is 12.2 Å². The number of nitrogen functional groups attached to an aromatic ring is 2. The van der Waals surface area contributed by atoms with Crippen LogP contribution in [0.4, 0.5) is 11.8 Å². The van der Waals surface area contributed by atoms with Crippen LogP contribution in [0.3, 0.4) is 0 Å². The highest BCUT2D eigenvalue weighted by molar-refractivity contribution is 7.98. The number of rotatable bonds is 4. The van der Waals surface area contributed by atoms with Gasteiger partial charge in [0.2, 0.25) is 5.95 Å². The van der Waals surface area contributed by atoms with Gasteiger partial charge >= 0.3 is 0 Å². The number of halogens is 1. The van der Waals surface area contributed by atoms with E-state index in [1.807, 2.05) is 6.26 Å². The van der Waals surface area contributed by atoms with E-state index in [4.69, 9.17) is 16.2 Å². The number of nitrogens with two attached hydrogens (primary N) is 2. The van der Waals surface area contributed by atoms with E-state index < -0.39 is 5.60 Å². The summed E-state index contributed by atoms with van der Waals surface area (Å²) in [4.78, 5) is 8.57. The van der Waals surface area contributed by atoms with E-state index in [-0.39, 0.29) is 29.2 Å². The number of aromatic nitrogens is 2. The highest BCUT2D eigenvalue weighted by Gasteiger charge is 2.39. The number of ether oxygens (including phenoxy) is 1. The molecule has 0 bridgehead atoms. The maximum atomic E-state index is 6.23. The summed E-state index contributed by atoms with van der Waals surface area (Å²) in [6.07, 6.45) is 8.00. The van der Waals surface area contributed by atoms with Gasteiger partial charge in [0.05, 0.1) is 5.60 Å². The molecule has 0 saturated carbocycles. The fraction of sp³-hybridized carbons (Fsp3) is 0.619. The second-order valence-electron chi connectivity index (χ2n) is 9.35. The van der Waals surface area contributed by atoms with Crippen molar-refractivity contribution in [2.24, 2.45) is 10.8 Å². The van der Waals surface area contributed by atoms with Crippen LogP contribution in [0.25, 0.3) is 0 Å². The molecular formula is C21H35ClN4OS. The summed E-state index contributed by atoms with van der Waals surface area (Å²) in [6, 6.07) is 0. The summed E-state index contributed by atoms with van der Waals surface area (Å²) in [5, 5.41) is 0.814. The molecule has 5 nitrogen and oxygen atoms in total. The Kier molecular flexibility index (Phi) is 7.65. The molecule has 1 heterocycles. The number of anilines is 2. The van der Waals surface area contributed by atoms with Crippen molar-refractivity contribution in [3.63, 3.8) is 0 Å². The maximum absolute atomic E-state index is 6.23. The van der Waals surface area contributed by atoms with Gasteiger partial charge in [0.15, 0.2) is 0 Å². The molecule has 158 valence electrons. The third-order valence-electron chi connectivity index (χ3n) is 5.16. The van der Waals surface area contributed by atoms with Crippen LogP contribution in [-0.2, 0) is 11.2 Å². The van der Waals surface area contributed by atoms with Crippen LogP contribution >= 0.6 is 24.2 Å². The van der Waals surface area contributed by atoms with Gasteiger partial charge < -0.3 is 16.2 Å². The van der Waals surface area contributed by atoms with E-state index in [9.17, 15) is 0 Å². The molecule has 0 aromatic carbocycles. The lowest BCUT2D eigenvalue weighted by molar-refractivity contribution is 0.0259. The summed E-state index contributed by atoms with van der Waals surface area (Å²) < 4.78 is 6.15. The molecule has 0 fully saturated rings. The summed E-state index contributed by atoms with van der Waals surface area (Å²) in [5.41, 5.74) is 15.2. The van der Waals surface area contributed by atoms with Crippen LogP contribution in [0.2, 0.25) is 0 Å². The predicted molar refractivity (Wildman–Crippen MR) is 123 cm³/mol. The first-order valence-corrected chi connectivity index (χ1v) is 10.5. The van der Waals surface area contributed by atoms with E-state index in [2.05, 4.69) is 63.7 Å². The summed E-state index contributed by atoms with van der Waals surface area (Å²) >= 11 is 1.53. The quantitative estimate of drug-likeness (QED) is 0.516. The van der Waals surface area contributed by atoms with E-state index >= 15 is 0 Å². The number of hydrogen-bond acceptors (Lipinski definition) is 6. The Morgan fingerprint density at radius 2 is 1.71 bits per heavy atom. The van der Waals surface area contributed by atoms with Gasteiger partial charge in [0, 0.05) is 25.5 Å². The molecule has 1 aliphatic carbocycles. The molecule has 0 aliphatic heterocycles. The molecular weight excluding hydrogens is 392 g/mol.